The van der Waals surface area contributed by atoms with Gasteiger partial charge in [0.1, 0.15) is 5.82 Å². The van der Waals surface area contributed by atoms with Crippen LogP contribution in [0.4, 0.5) is 4.39 Å². The van der Waals surface area contributed by atoms with Crippen LogP contribution in [0.5, 0.6) is 0 Å². The third-order valence-corrected chi connectivity index (χ3v) is 14.3. The van der Waals surface area contributed by atoms with Crippen molar-refractivity contribution < 1.29 is 27.2 Å². The first kappa shape index (κ1) is 37.5. The number of benzene rings is 6. The van der Waals surface area contributed by atoms with Crippen molar-refractivity contribution in [1.29, 1.82) is 0 Å². The Morgan fingerprint density at radius 2 is 1.55 bits per heavy atom. The number of thiophene rings is 1. The molecular weight excluding hydrogens is 926 g/mol. The predicted octanol–water partition coefficient (Wildman–Crippen LogP) is 13.6. The molecule has 1 radical (unpaired) electrons. The number of para-hydroxylation sites is 1. The van der Waals surface area contributed by atoms with E-state index in [1.54, 1.807) is 17.4 Å². The molecule has 0 amide bonds. The fourth-order valence-corrected chi connectivity index (χ4v) is 10.8. The van der Waals surface area contributed by atoms with E-state index in [0.29, 0.717) is 0 Å². The minimum Gasteiger partial charge on any atom is -0.333 e. The molecule has 1 saturated carbocycles. The molecule has 1 aliphatic carbocycles. The van der Waals surface area contributed by atoms with E-state index in [9.17, 15) is 4.39 Å². The molecule has 3 heterocycles. The Bertz CT molecular complexity index is 3000. The number of hydrogen-bond acceptors (Lipinski definition) is 3. The summed E-state index contributed by atoms with van der Waals surface area (Å²) in [4.78, 5) is 9.81. The number of fused-ring (bicyclic) bond motifs is 5. The Kier molecular flexibility index (Phi) is 10.6. The maximum absolute atomic E-state index is 13.8. The average Bonchev–Trinajstić information content (AvgIpc) is 3.98. The molecule has 293 valence electrons. The molecule has 1 fully saturated rings. The quantitative estimate of drug-likeness (QED) is 0.123. The number of pyridine rings is 1. The fourth-order valence-electron chi connectivity index (χ4n) is 8.31. The standard InChI is InChI=1S/C31H20FN2S.C20H26NSi.Ir/c1-18-6-5-7-19(2)30(18)34-27-16-21-9-4-3-8-20(21)15-26(27)33-31(34)22-10-13-28-25(14-22)24-12-11-23(32)17-29(24)35-28;1-22(2,3)20-15-21-19(17-11-5-4-6-12-17)14-18(20)13-16-9-7-8-10-16;/h3-9,11-17H,1-2H3;4-6,11,14-16H,7-10,13H2,1-3H3;/q2*-1;/i;13D2;. The van der Waals surface area contributed by atoms with Crippen LogP contribution in [-0.2, 0) is 26.5 Å². The monoisotopic (exact) mass is 974 g/mol. The van der Waals surface area contributed by atoms with Crippen molar-refractivity contribution >= 4 is 66.6 Å². The molecule has 3 nitrogen and oxygen atoms in total. The molecule has 1 aliphatic rings. The van der Waals surface area contributed by atoms with Crippen molar-refractivity contribution in [2.45, 2.75) is 65.5 Å². The third-order valence-electron chi connectivity index (χ3n) is 11.2. The smallest absolute Gasteiger partial charge is 0.124 e. The molecule has 0 spiro atoms. The number of imidazole rings is 1. The predicted molar refractivity (Wildman–Crippen MR) is 242 cm³/mol. The molecule has 0 unspecified atom stereocenters. The molecule has 7 heteroatoms. The Morgan fingerprint density at radius 3 is 2.28 bits per heavy atom. The summed E-state index contributed by atoms with van der Waals surface area (Å²) in [6, 6.07) is 44.9. The van der Waals surface area contributed by atoms with E-state index in [1.165, 1.54) is 28.0 Å². The van der Waals surface area contributed by atoms with Crippen molar-refractivity contribution in [3.8, 4) is 28.3 Å². The van der Waals surface area contributed by atoms with E-state index in [0.717, 1.165) is 96.0 Å². The number of aryl methyl sites for hydroxylation is 2. The third kappa shape index (κ3) is 7.86. The number of rotatable bonds is 6. The molecule has 0 saturated heterocycles. The van der Waals surface area contributed by atoms with Crippen LogP contribution in [0.25, 0.3) is 70.3 Å². The van der Waals surface area contributed by atoms with Gasteiger partial charge in [-0.05, 0) is 93.3 Å². The molecule has 0 aliphatic heterocycles. The van der Waals surface area contributed by atoms with E-state index < -0.39 is 14.4 Å². The molecule has 10 rings (SSSR count). The van der Waals surface area contributed by atoms with Gasteiger partial charge in [-0.25, -0.2) is 4.39 Å². The van der Waals surface area contributed by atoms with Crippen molar-refractivity contribution in [2.75, 3.05) is 0 Å². The first-order valence-electron chi connectivity index (χ1n) is 20.9. The Labute approximate surface area is 362 Å². The maximum Gasteiger partial charge on any atom is 0.124 e. The molecule has 0 atom stereocenters. The van der Waals surface area contributed by atoms with Gasteiger partial charge in [0.2, 0.25) is 0 Å². The van der Waals surface area contributed by atoms with E-state index >= 15 is 0 Å². The summed E-state index contributed by atoms with van der Waals surface area (Å²) in [5.41, 5.74) is 9.10. The van der Waals surface area contributed by atoms with E-state index in [4.69, 9.17) is 7.73 Å². The SMILES string of the molecule is Cc1cccc(C)c1-n1c(-c2[c-]cc3sc4cc(F)ccc4c3c2)nc2cc3ccccc3cc21.[2H]C([2H])(c1cc(-c2[c-]cccc2)ncc1[Si](C)(C)C)C1CCCC1.[Ir]. The van der Waals surface area contributed by atoms with E-state index in [-0.39, 0.29) is 31.8 Å². The molecule has 0 N–H and O–H groups in total. The van der Waals surface area contributed by atoms with Crippen LogP contribution >= 0.6 is 11.3 Å². The van der Waals surface area contributed by atoms with Gasteiger partial charge in [0.15, 0.2) is 0 Å². The minimum atomic E-state index is -1.68. The zero-order valence-corrected chi connectivity index (χ0v) is 37.6. The fraction of sp³-hybridized carbons (Fsp3) is 0.216. The van der Waals surface area contributed by atoms with Gasteiger partial charge >= 0.3 is 0 Å². The molecule has 58 heavy (non-hydrogen) atoms. The summed E-state index contributed by atoms with van der Waals surface area (Å²) in [6.45, 7) is 11.1. The summed E-state index contributed by atoms with van der Waals surface area (Å²) in [5.74, 6) is 0.774. The van der Waals surface area contributed by atoms with Gasteiger partial charge < -0.3 is 9.55 Å². The Morgan fingerprint density at radius 1 is 0.810 bits per heavy atom. The number of hydrogen-bond donors (Lipinski definition) is 0. The number of halogens is 1. The molecule has 3 aromatic heterocycles. The summed E-state index contributed by atoms with van der Waals surface area (Å²) >= 11 is 1.59. The van der Waals surface area contributed by atoms with Crippen molar-refractivity contribution in [3.05, 3.63) is 156 Å². The van der Waals surface area contributed by atoms with Crippen molar-refractivity contribution in [3.63, 3.8) is 0 Å². The summed E-state index contributed by atoms with van der Waals surface area (Å²) in [5, 5.41) is 5.66. The number of aromatic nitrogens is 3. The Balaban J connectivity index is 0.000000176. The van der Waals surface area contributed by atoms with Crippen LogP contribution in [0.1, 0.15) is 45.1 Å². The van der Waals surface area contributed by atoms with Gasteiger partial charge in [-0.3, -0.25) is 4.98 Å². The van der Waals surface area contributed by atoms with Gasteiger partial charge in [0, 0.05) is 39.4 Å². The van der Waals surface area contributed by atoms with Gasteiger partial charge in [0.25, 0.3) is 0 Å². The normalized spacial score (nSPS) is 14.0. The molecular formula is C51H46FIrN3SSi-2. The van der Waals surface area contributed by atoms with Crippen LogP contribution in [0, 0.1) is 37.7 Å². The van der Waals surface area contributed by atoms with Crippen molar-refractivity contribution in [2.24, 2.45) is 5.92 Å². The maximum atomic E-state index is 13.8. The first-order chi connectivity index (χ1) is 28.4. The summed E-state index contributed by atoms with van der Waals surface area (Å²) < 4.78 is 36.0. The largest absolute Gasteiger partial charge is 0.333 e. The van der Waals surface area contributed by atoms with Gasteiger partial charge in [-0.15, -0.1) is 59.7 Å². The zero-order chi connectivity index (χ0) is 41.1. The first-order valence-corrected chi connectivity index (χ1v) is 24.2. The molecule has 6 aromatic carbocycles. The molecule has 0 bridgehead atoms. The van der Waals surface area contributed by atoms with Gasteiger partial charge in [-0.2, -0.15) is 11.3 Å². The second-order valence-electron chi connectivity index (χ2n) is 16.3. The molecule has 9 aromatic rings. The average molecular weight is 974 g/mol. The zero-order valence-electron chi connectivity index (χ0n) is 35.4. The minimum absolute atomic E-state index is 0. The van der Waals surface area contributed by atoms with E-state index in [1.807, 2.05) is 48.7 Å². The second kappa shape index (κ2) is 16.5. The summed E-state index contributed by atoms with van der Waals surface area (Å²) in [7, 11) is -1.68. The Hall–Kier alpha value is -4.78. The van der Waals surface area contributed by atoms with Crippen LogP contribution in [0.2, 0.25) is 19.6 Å². The van der Waals surface area contributed by atoms with Gasteiger partial charge in [0.05, 0.1) is 24.9 Å². The van der Waals surface area contributed by atoms with Crippen LogP contribution < -0.4 is 5.19 Å². The summed E-state index contributed by atoms with van der Waals surface area (Å²) in [6.07, 6.45) is 4.94. The van der Waals surface area contributed by atoms with Crippen LogP contribution in [0.3, 0.4) is 0 Å². The number of nitrogens with zero attached hydrogens (tertiary/aromatic N) is 3. The second-order valence-corrected chi connectivity index (χ2v) is 22.5. The van der Waals surface area contributed by atoms with Crippen LogP contribution in [-0.4, -0.2) is 22.6 Å². The topological polar surface area (TPSA) is 30.7 Å². The van der Waals surface area contributed by atoms with Gasteiger partial charge in [-0.1, -0.05) is 111 Å². The van der Waals surface area contributed by atoms with E-state index in [2.05, 4.69) is 116 Å². The van der Waals surface area contributed by atoms with Crippen molar-refractivity contribution in [1.82, 2.24) is 14.5 Å². The van der Waals surface area contributed by atoms with Crippen LogP contribution in [0.15, 0.2) is 121 Å².